The van der Waals surface area contributed by atoms with Crippen LogP contribution in [0.4, 0.5) is 8.78 Å². The van der Waals surface area contributed by atoms with Crippen LogP contribution < -0.4 is 0 Å². The molecule has 0 aliphatic rings. The van der Waals surface area contributed by atoms with Gasteiger partial charge in [-0.25, -0.2) is 13.5 Å². The lowest BCUT2D eigenvalue weighted by Gasteiger charge is -2.07. The molecule has 0 spiro atoms. The Balaban J connectivity index is 1.90. The summed E-state index contributed by atoms with van der Waals surface area (Å²) in [7, 11) is 0. The van der Waals surface area contributed by atoms with E-state index in [0.29, 0.717) is 30.5 Å². The zero-order valence-corrected chi connectivity index (χ0v) is 12.1. The van der Waals surface area contributed by atoms with Gasteiger partial charge in [0.05, 0.1) is 12.2 Å². The molecule has 0 N–H and O–H groups in total. The van der Waals surface area contributed by atoms with Crippen LogP contribution in [0.3, 0.4) is 0 Å². The Morgan fingerprint density at radius 1 is 1.00 bits per heavy atom. The highest BCUT2D eigenvalue weighted by Gasteiger charge is 2.13. The quantitative estimate of drug-likeness (QED) is 0.680. The summed E-state index contributed by atoms with van der Waals surface area (Å²) >= 11 is 0. The molecule has 0 aliphatic carbocycles. The van der Waals surface area contributed by atoms with E-state index in [1.54, 1.807) is 28.9 Å². The van der Waals surface area contributed by atoms with Crippen LogP contribution in [0.15, 0.2) is 48.5 Å². The van der Waals surface area contributed by atoms with Crippen molar-refractivity contribution in [3.63, 3.8) is 0 Å². The highest BCUT2D eigenvalue weighted by molar-refractivity contribution is 5.73. The van der Waals surface area contributed by atoms with Gasteiger partial charge >= 0.3 is 0 Å². The van der Waals surface area contributed by atoms with E-state index in [9.17, 15) is 13.6 Å². The van der Waals surface area contributed by atoms with Gasteiger partial charge in [-0.1, -0.05) is 29.5 Å². The number of hydrogen-bond donors (Lipinski definition) is 0. The molecule has 1 aromatic heterocycles. The van der Waals surface area contributed by atoms with Gasteiger partial charge in [0.1, 0.15) is 17.3 Å². The van der Waals surface area contributed by atoms with Crippen molar-refractivity contribution < 1.29 is 13.6 Å². The molecule has 0 saturated heterocycles. The average Bonchev–Trinajstić information content (AvgIpc) is 2.91. The summed E-state index contributed by atoms with van der Waals surface area (Å²) in [5.41, 5.74) is 2.38. The highest BCUT2D eigenvalue weighted by Crippen LogP contribution is 2.14. The second kappa shape index (κ2) is 6.48. The summed E-state index contributed by atoms with van der Waals surface area (Å²) in [6.07, 6.45) is 1.02. The molecule has 0 unspecified atom stereocenters. The highest BCUT2D eigenvalue weighted by atomic mass is 19.1. The molecule has 3 rings (SSSR count). The van der Waals surface area contributed by atoms with Crippen LogP contribution in [0.5, 0.6) is 0 Å². The number of hydrogen-bond acceptors (Lipinski definition) is 3. The van der Waals surface area contributed by atoms with Crippen LogP contribution in [0, 0.1) is 11.6 Å². The molecule has 0 atom stereocenters. The fourth-order valence-corrected chi connectivity index (χ4v) is 2.35. The van der Waals surface area contributed by atoms with Crippen molar-refractivity contribution >= 4 is 6.29 Å². The predicted molar refractivity (Wildman–Crippen MR) is 80.1 cm³/mol. The van der Waals surface area contributed by atoms with E-state index in [1.165, 1.54) is 24.3 Å². The molecule has 0 aliphatic heterocycles. The topological polar surface area (TPSA) is 47.8 Å². The summed E-state index contributed by atoms with van der Waals surface area (Å²) in [5, 5.41) is 7.81. The first-order valence-corrected chi connectivity index (χ1v) is 7.02. The number of rotatable bonds is 5. The van der Waals surface area contributed by atoms with Crippen LogP contribution in [0.25, 0.3) is 0 Å². The van der Waals surface area contributed by atoms with Crippen LogP contribution >= 0.6 is 0 Å². The van der Waals surface area contributed by atoms with Gasteiger partial charge in [0.2, 0.25) is 0 Å². The van der Waals surface area contributed by atoms with Gasteiger partial charge in [-0.15, -0.1) is 5.10 Å². The zero-order chi connectivity index (χ0) is 16.2. The molecule has 116 valence electrons. The Kier molecular flexibility index (Phi) is 4.23. The SMILES string of the molecule is O=Cc1nnn(Cc2cccc(F)c2)c1Cc1ccc(F)cc1. The van der Waals surface area contributed by atoms with E-state index < -0.39 is 0 Å². The van der Waals surface area contributed by atoms with Crippen molar-refractivity contribution in [3.05, 3.63) is 82.7 Å². The number of nitrogens with zero attached hydrogens (tertiary/aromatic N) is 3. The summed E-state index contributed by atoms with van der Waals surface area (Å²) in [5.74, 6) is -0.658. The molecule has 3 aromatic rings. The molecule has 0 bridgehead atoms. The Morgan fingerprint density at radius 2 is 1.78 bits per heavy atom. The van der Waals surface area contributed by atoms with Gasteiger partial charge < -0.3 is 0 Å². The third-order valence-corrected chi connectivity index (χ3v) is 3.49. The van der Waals surface area contributed by atoms with Gasteiger partial charge in [0.25, 0.3) is 0 Å². The minimum Gasteiger partial charge on any atom is -0.296 e. The molecule has 0 radical (unpaired) electrons. The first-order valence-electron chi connectivity index (χ1n) is 7.02. The minimum atomic E-state index is -0.335. The number of aldehydes is 1. The average molecular weight is 313 g/mol. The van der Waals surface area contributed by atoms with Crippen LogP contribution in [0.2, 0.25) is 0 Å². The monoisotopic (exact) mass is 313 g/mol. The number of carbonyl (C=O) groups is 1. The lowest BCUT2D eigenvalue weighted by Crippen LogP contribution is -2.08. The van der Waals surface area contributed by atoms with Gasteiger partial charge in [-0.3, -0.25) is 4.79 Å². The van der Waals surface area contributed by atoms with Gasteiger partial charge in [-0.05, 0) is 35.4 Å². The van der Waals surface area contributed by atoms with Crippen LogP contribution in [-0.4, -0.2) is 21.3 Å². The van der Waals surface area contributed by atoms with Crippen molar-refractivity contribution in [1.82, 2.24) is 15.0 Å². The van der Waals surface area contributed by atoms with E-state index in [4.69, 9.17) is 0 Å². The fourth-order valence-electron chi connectivity index (χ4n) is 2.35. The maximum atomic E-state index is 13.3. The van der Waals surface area contributed by atoms with Crippen molar-refractivity contribution in [3.8, 4) is 0 Å². The molecule has 0 fully saturated rings. The molecule has 23 heavy (non-hydrogen) atoms. The first kappa shape index (κ1) is 15.0. The largest absolute Gasteiger partial charge is 0.296 e. The molecule has 2 aromatic carbocycles. The number of aromatic nitrogens is 3. The lowest BCUT2D eigenvalue weighted by molar-refractivity contribution is 0.111. The Bertz CT molecular complexity index is 828. The van der Waals surface area contributed by atoms with Crippen LogP contribution in [-0.2, 0) is 13.0 Å². The van der Waals surface area contributed by atoms with Crippen molar-refractivity contribution in [2.24, 2.45) is 0 Å². The minimum absolute atomic E-state index is 0.228. The smallest absolute Gasteiger partial charge is 0.172 e. The third kappa shape index (κ3) is 3.48. The van der Waals surface area contributed by atoms with E-state index in [1.807, 2.05) is 0 Å². The summed E-state index contributed by atoms with van der Waals surface area (Å²) in [6.45, 7) is 0.301. The standard InChI is InChI=1S/C17H13F2N3O/c18-14-6-4-12(5-7-14)9-17-16(11-23)20-21-22(17)10-13-2-1-3-15(19)8-13/h1-8,11H,9-10H2. The molecule has 0 amide bonds. The molecule has 1 heterocycles. The van der Waals surface area contributed by atoms with Gasteiger partial charge in [-0.2, -0.15) is 0 Å². The summed E-state index contributed by atoms with van der Waals surface area (Å²) in [6, 6.07) is 12.2. The third-order valence-electron chi connectivity index (χ3n) is 3.49. The number of benzene rings is 2. The van der Waals surface area contributed by atoms with Crippen molar-refractivity contribution in [1.29, 1.82) is 0 Å². The molecular weight excluding hydrogens is 300 g/mol. The Morgan fingerprint density at radius 3 is 2.48 bits per heavy atom. The Labute approximate surface area is 131 Å². The normalized spacial score (nSPS) is 10.7. The lowest BCUT2D eigenvalue weighted by atomic mass is 10.1. The van der Waals surface area contributed by atoms with Crippen molar-refractivity contribution in [2.45, 2.75) is 13.0 Å². The second-order valence-corrected chi connectivity index (χ2v) is 5.13. The van der Waals surface area contributed by atoms with Crippen molar-refractivity contribution in [2.75, 3.05) is 0 Å². The second-order valence-electron chi connectivity index (χ2n) is 5.13. The van der Waals surface area contributed by atoms with E-state index in [0.717, 1.165) is 5.56 Å². The summed E-state index contributed by atoms with van der Waals surface area (Å²) in [4.78, 5) is 11.2. The molecule has 4 nitrogen and oxygen atoms in total. The maximum Gasteiger partial charge on any atom is 0.172 e. The van der Waals surface area contributed by atoms with Crippen LogP contribution in [0.1, 0.15) is 27.3 Å². The van der Waals surface area contributed by atoms with E-state index in [2.05, 4.69) is 10.3 Å². The van der Waals surface area contributed by atoms with Gasteiger partial charge in [0.15, 0.2) is 6.29 Å². The first-order chi connectivity index (χ1) is 11.2. The maximum absolute atomic E-state index is 13.3. The van der Waals surface area contributed by atoms with E-state index >= 15 is 0 Å². The Hall–Kier alpha value is -2.89. The zero-order valence-electron chi connectivity index (χ0n) is 12.1. The number of halogens is 2. The molecular formula is C17H13F2N3O. The molecule has 6 heteroatoms. The van der Waals surface area contributed by atoms with Gasteiger partial charge in [0, 0.05) is 6.42 Å². The molecule has 0 saturated carbocycles. The van der Waals surface area contributed by atoms with E-state index in [-0.39, 0.29) is 17.3 Å². The fraction of sp³-hybridized carbons (Fsp3) is 0.118. The predicted octanol–water partition coefficient (Wildman–Crippen LogP) is 3.01. The summed E-state index contributed by atoms with van der Waals surface area (Å²) < 4.78 is 27.8. The number of carbonyl (C=O) groups excluding carboxylic acids is 1.